The molecule has 0 saturated heterocycles. The van der Waals surface area contributed by atoms with Crippen molar-refractivity contribution in [2.75, 3.05) is 13.2 Å². The Morgan fingerprint density at radius 2 is 0.911 bits per heavy atom. The highest BCUT2D eigenvalue weighted by molar-refractivity contribution is 9.10. The molecule has 0 radical (unpaired) electrons. The Balaban J connectivity index is 0.000000235. The molecule has 2 heterocycles. The normalized spacial score (nSPS) is 11.6. The van der Waals surface area contributed by atoms with Crippen LogP contribution >= 0.6 is 15.9 Å². The molecule has 5 N–H and O–H groups in total. The first-order valence-corrected chi connectivity index (χ1v) is 30.7. The number of carbonyl (C=O) groups is 4. The fraction of sp³-hybridized carbons (Fsp3) is 0.314. The van der Waals surface area contributed by atoms with Crippen LogP contribution in [0.3, 0.4) is 0 Å². The number of carboxylic acids is 1. The number of esters is 1. The van der Waals surface area contributed by atoms with Crippen LogP contribution in [-0.2, 0) is 49.9 Å². The molecule has 90 heavy (non-hydrogen) atoms. The maximum atomic E-state index is 12.8. The number of alkyl carbamates (subject to hydrolysis) is 2. The van der Waals surface area contributed by atoms with E-state index in [2.05, 4.69) is 74.2 Å². The van der Waals surface area contributed by atoms with Gasteiger partial charge in [0.15, 0.2) is 11.6 Å². The zero-order valence-electron chi connectivity index (χ0n) is 52.0. The molecule has 2 amide bonds. The van der Waals surface area contributed by atoms with Crippen LogP contribution in [0, 0.1) is 11.8 Å². The molecule has 2 atom stereocenters. The summed E-state index contributed by atoms with van der Waals surface area (Å²) < 4.78 is 28.1. The Bertz CT molecular complexity index is 3420. The third-order valence-electron chi connectivity index (χ3n) is 13.3. The molecule has 0 spiro atoms. The van der Waals surface area contributed by atoms with Gasteiger partial charge in [-0.05, 0) is 132 Å². The summed E-state index contributed by atoms with van der Waals surface area (Å²) in [4.78, 5) is 66.7. The molecule has 0 aliphatic heterocycles. The second kappa shape index (κ2) is 36.5. The number of carbonyl (C=O) groups excluding carboxylic acids is 3. The standard InChI is InChI=1S/C33H35N3O5.C25H26BrN3O4.C12H19BO3/c1-23(2)7-6-18-40-29-16-14-26(15-17-29)28-20-34-31(35-21-28)27-12-10-24(11-13-27)19-30(32(37)38)36-33(39)41-22-25-8-4-3-5-9-25;1-25(2,3)33-23(30)21(29-24(31)32-16-18-7-5-4-6-8-18)13-17-9-11-19(12-10-17)22-27-14-20(26)15-28-22;1-10(2)4-3-9-16-12-7-5-11(6-8-12)13(14)15/h3-5,8-17,20-21,23,30H,6-7,18-19,22H2,1-2H3,(H,36,39)(H,37,38);4-12,14-15,21H,13,16H2,1-3H3,(H,29,31);5-8,10,14-15H,3-4,9H2,1-2H3/t30-;21-;/m00./s1. The highest BCUT2D eigenvalue weighted by Crippen LogP contribution is 2.25. The Hall–Kier alpha value is -8.98. The van der Waals surface area contributed by atoms with Gasteiger partial charge in [0.25, 0.3) is 0 Å². The minimum atomic E-state index is -1.41. The van der Waals surface area contributed by atoms with E-state index in [-0.39, 0.29) is 26.1 Å². The van der Waals surface area contributed by atoms with Gasteiger partial charge in [0.2, 0.25) is 0 Å². The van der Waals surface area contributed by atoms with Crippen molar-refractivity contribution in [3.8, 4) is 45.4 Å². The minimum absolute atomic E-state index is 0.0603. The summed E-state index contributed by atoms with van der Waals surface area (Å²) in [6.07, 6.45) is 10.2. The maximum Gasteiger partial charge on any atom is 0.488 e. The van der Waals surface area contributed by atoms with Crippen molar-refractivity contribution < 1.29 is 58.0 Å². The molecule has 8 rings (SSSR count). The van der Waals surface area contributed by atoms with E-state index >= 15 is 0 Å². The lowest BCUT2D eigenvalue weighted by Crippen LogP contribution is -2.45. The van der Waals surface area contributed by atoms with Crippen molar-refractivity contribution in [1.29, 1.82) is 0 Å². The molecule has 8 aromatic rings. The number of hydrogen-bond acceptors (Lipinski definition) is 15. The van der Waals surface area contributed by atoms with E-state index in [4.69, 9.17) is 33.7 Å². The third kappa shape index (κ3) is 26.0. The molecule has 20 heteroatoms. The van der Waals surface area contributed by atoms with Crippen LogP contribution in [-0.4, -0.2) is 97.2 Å². The maximum absolute atomic E-state index is 12.8. The summed E-state index contributed by atoms with van der Waals surface area (Å²) >= 11 is 3.32. The average molecular weight is 1290 g/mol. The molecule has 0 bridgehead atoms. The average Bonchev–Trinajstić information content (AvgIpc) is 3.04. The number of halogens is 1. The van der Waals surface area contributed by atoms with Crippen LogP contribution in [0.5, 0.6) is 11.5 Å². The molecular weight excluding hydrogens is 1210 g/mol. The van der Waals surface area contributed by atoms with Gasteiger partial charge in [0.05, 0.1) is 17.7 Å². The first kappa shape index (κ1) is 70.1. The molecule has 0 aliphatic carbocycles. The van der Waals surface area contributed by atoms with Crippen LogP contribution in [0.15, 0.2) is 187 Å². The van der Waals surface area contributed by atoms with Crippen molar-refractivity contribution in [3.05, 3.63) is 209 Å². The quantitative estimate of drug-likeness (QED) is 0.0146. The fourth-order valence-corrected chi connectivity index (χ4v) is 8.77. The molecule has 0 saturated carbocycles. The second-order valence-electron chi connectivity index (χ2n) is 22.9. The molecule has 6 aromatic carbocycles. The Morgan fingerprint density at radius 1 is 0.511 bits per heavy atom. The van der Waals surface area contributed by atoms with Gasteiger partial charge in [0, 0.05) is 54.3 Å². The SMILES string of the molecule is CC(C)(C)OC(=O)[C@H](Cc1ccc(-c2ncc(Br)cn2)cc1)NC(=O)OCc1ccccc1.CC(C)CCCOc1ccc(-c2cnc(-c3ccc(C[C@H](NC(=O)OCc4ccccc4)C(=O)O)cc3)nc2)cc1.CC(C)CCCOc1ccc(B(O)O)cc1. The molecule has 0 aliphatic rings. The molecule has 472 valence electrons. The number of rotatable bonds is 26. The van der Waals surface area contributed by atoms with E-state index in [0.29, 0.717) is 42.2 Å². The third-order valence-corrected chi connectivity index (χ3v) is 13.7. The number of aliphatic carboxylic acids is 1. The summed E-state index contributed by atoms with van der Waals surface area (Å²) in [6, 6.07) is 46.0. The number of benzene rings is 6. The van der Waals surface area contributed by atoms with Gasteiger partial charge in [-0.15, -0.1) is 0 Å². The number of amides is 2. The fourth-order valence-electron chi connectivity index (χ4n) is 8.56. The van der Waals surface area contributed by atoms with Crippen LogP contribution in [0.1, 0.15) is 96.4 Å². The minimum Gasteiger partial charge on any atom is -0.494 e. The van der Waals surface area contributed by atoms with Gasteiger partial charge >= 0.3 is 31.2 Å². The van der Waals surface area contributed by atoms with E-state index in [9.17, 15) is 24.3 Å². The summed E-state index contributed by atoms with van der Waals surface area (Å²) in [5, 5.41) is 32.5. The summed E-state index contributed by atoms with van der Waals surface area (Å²) in [5.41, 5.74) is 6.58. The smallest absolute Gasteiger partial charge is 0.488 e. The Morgan fingerprint density at radius 3 is 1.32 bits per heavy atom. The first-order chi connectivity index (χ1) is 43.2. The van der Waals surface area contributed by atoms with Crippen molar-refractivity contribution in [2.45, 2.75) is 118 Å². The lowest BCUT2D eigenvalue weighted by atomic mass is 9.80. The summed E-state index contributed by atoms with van der Waals surface area (Å²) in [6.45, 7) is 15.7. The number of nitrogens with zero attached hydrogens (tertiary/aromatic N) is 4. The Kier molecular flexibility index (Phi) is 28.4. The molecule has 18 nitrogen and oxygen atoms in total. The topological polar surface area (TPSA) is 251 Å². The van der Waals surface area contributed by atoms with Crippen LogP contribution in [0.2, 0.25) is 0 Å². The van der Waals surface area contributed by atoms with Crippen molar-refractivity contribution >= 4 is 52.6 Å². The highest BCUT2D eigenvalue weighted by atomic mass is 79.9. The van der Waals surface area contributed by atoms with Gasteiger partial charge in [-0.1, -0.05) is 161 Å². The summed E-state index contributed by atoms with van der Waals surface area (Å²) in [7, 11) is -1.41. The predicted molar refractivity (Wildman–Crippen MR) is 351 cm³/mol. The van der Waals surface area contributed by atoms with E-state index in [1.54, 1.807) is 82.0 Å². The van der Waals surface area contributed by atoms with E-state index in [0.717, 1.165) is 86.2 Å². The van der Waals surface area contributed by atoms with Crippen LogP contribution < -0.4 is 25.6 Å². The first-order valence-electron chi connectivity index (χ1n) is 29.9. The number of carboxylic acid groups (broad SMARTS) is 1. The van der Waals surface area contributed by atoms with Crippen molar-refractivity contribution in [3.63, 3.8) is 0 Å². The summed E-state index contributed by atoms with van der Waals surface area (Å²) in [5.74, 6) is 2.48. The van der Waals surface area contributed by atoms with Gasteiger partial charge < -0.3 is 49.5 Å². The number of aromatic nitrogens is 4. The van der Waals surface area contributed by atoms with E-state index in [1.165, 1.54) is 0 Å². The largest absolute Gasteiger partial charge is 0.494 e. The highest BCUT2D eigenvalue weighted by Gasteiger charge is 2.28. The number of nitrogens with one attached hydrogen (secondary N) is 2. The monoisotopic (exact) mass is 1290 g/mol. The van der Waals surface area contributed by atoms with E-state index < -0.39 is 48.9 Å². The molecule has 2 aromatic heterocycles. The zero-order chi connectivity index (χ0) is 64.8. The predicted octanol–water partition coefficient (Wildman–Crippen LogP) is 12.8. The Labute approximate surface area is 536 Å². The van der Waals surface area contributed by atoms with Gasteiger partial charge in [-0.2, -0.15) is 0 Å². The second-order valence-corrected chi connectivity index (χ2v) is 23.9. The van der Waals surface area contributed by atoms with Gasteiger partial charge in [0.1, 0.15) is 42.4 Å². The lowest BCUT2D eigenvalue weighted by molar-refractivity contribution is -0.157. The molecule has 0 unspecified atom stereocenters. The zero-order valence-corrected chi connectivity index (χ0v) is 53.5. The van der Waals surface area contributed by atoms with Gasteiger partial charge in [-0.3, -0.25) is 0 Å². The lowest BCUT2D eigenvalue weighted by Gasteiger charge is -2.24. The van der Waals surface area contributed by atoms with Crippen molar-refractivity contribution in [2.24, 2.45) is 11.8 Å². The van der Waals surface area contributed by atoms with Crippen LogP contribution in [0.25, 0.3) is 33.9 Å². The van der Waals surface area contributed by atoms with Crippen molar-refractivity contribution in [1.82, 2.24) is 30.6 Å². The molecular formula is C70H80BBrN6O12. The number of hydrogen-bond donors (Lipinski definition) is 5. The van der Waals surface area contributed by atoms with Gasteiger partial charge in [-0.25, -0.2) is 39.1 Å². The van der Waals surface area contributed by atoms with E-state index in [1.807, 2.05) is 121 Å². The van der Waals surface area contributed by atoms with Crippen LogP contribution in [0.4, 0.5) is 9.59 Å². The number of ether oxygens (including phenoxy) is 5. The molecule has 0 fully saturated rings.